The van der Waals surface area contributed by atoms with Crippen molar-refractivity contribution in [3.63, 3.8) is 0 Å². The summed E-state index contributed by atoms with van der Waals surface area (Å²) in [6.07, 6.45) is 2.47. The molecule has 0 unspecified atom stereocenters. The van der Waals surface area contributed by atoms with Gasteiger partial charge in [-0.25, -0.2) is 9.59 Å². The standard InChI is InChI=1S/C15H23NO7/c1-20-8-10-5-6-11(9-21-2)16(10)13(17)7-12(14(18)22-3)15(19)23-4/h7,10-11H,5-6,8-9H2,1-4H3/t10-,11-/m1/s1. The molecule has 1 heterocycles. The molecule has 23 heavy (non-hydrogen) atoms. The van der Waals surface area contributed by atoms with E-state index in [9.17, 15) is 14.4 Å². The Labute approximate surface area is 135 Å². The van der Waals surface area contributed by atoms with Gasteiger partial charge in [-0.1, -0.05) is 0 Å². The molecule has 0 aromatic heterocycles. The van der Waals surface area contributed by atoms with Crippen LogP contribution in [0.25, 0.3) is 0 Å². The number of hydrogen-bond acceptors (Lipinski definition) is 7. The van der Waals surface area contributed by atoms with Crippen molar-refractivity contribution in [3.05, 3.63) is 11.6 Å². The van der Waals surface area contributed by atoms with Gasteiger partial charge in [0.05, 0.1) is 39.5 Å². The minimum atomic E-state index is -0.920. The summed E-state index contributed by atoms with van der Waals surface area (Å²) in [6.45, 7) is 0.733. The van der Waals surface area contributed by atoms with Crippen LogP contribution >= 0.6 is 0 Å². The molecule has 0 saturated carbocycles. The molecule has 0 aliphatic carbocycles. The Bertz CT molecular complexity index is 442. The monoisotopic (exact) mass is 329 g/mol. The smallest absolute Gasteiger partial charge is 0.345 e. The molecule has 1 fully saturated rings. The van der Waals surface area contributed by atoms with Gasteiger partial charge in [0, 0.05) is 20.3 Å². The molecule has 130 valence electrons. The highest BCUT2D eigenvalue weighted by atomic mass is 16.5. The maximum Gasteiger partial charge on any atom is 0.345 e. The van der Waals surface area contributed by atoms with Crippen LogP contribution in [0.2, 0.25) is 0 Å². The number of carbonyl (C=O) groups is 3. The lowest BCUT2D eigenvalue weighted by Crippen LogP contribution is -2.44. The van der Waals surface area contributed by atoms with Gasteiger partial charge in [0.25, 0.3) is 0 Å². The van der Waals surface area contributed by atoms with E-state index in [2.05, 4.69) is 9.47 Å². The molecule has 0 aromatic carbocycles. The Kier molecular flexibility index (Phi) is 7.70. The van der Waals surface area contributed by atoms with Gasteiger partial charge in [-0.15, -0.1) is 0 Å². The minimum absolute atomic E-state index is 0.138. The third-order valence-corrected chi connectivity index (χ3v) is 3.67. The Morgan fingerprint density at radius 2 is 1.35 bits per heavy atom. The van der Waals surface area contributed by atoms with Crippen molar-refractivity contribution in [2.75, 3.05) is 41.7 Å². The lowest BCUT2D eigenvalue weighted by Gasteiger charge is -2.29. The SMILES string of the molecule is COC[C@H]1CC[C@H](COC)N1C(=O)C=C(C(=O)OC)C(=O)OC. The van der Waals surface area contributed by atoms with E-state index in [1.807, 2.05) is 0 Å². The van der Waals surface area contributed by atoms with Gasteiger partial charge in [-0.3, -0.25) is 4.79 Å². The van der Waals surface area contributed by atoms with Gasteiger partial charge in [-0.2, -0.15) is 0 Å². The van der Waals surface area contributed by atoms with Crippen molar-refractivity contribution in [2.24, 2.45) is 0 Å². The predicted octanol–water partition coefficient (Wildman–Crippen LogP) is -0.0888. The zero-order valence-corrected chi connectivity index (χ0v) is 13.9. The molecular formula is C15H23NO7. The number of carbonyl (C=O) groups excluding carboxylic acids is 3. The fraction of sp³-hybridized carbons (Fsp3) is 0.667. The molecule has 8 nitrogen and oxygen atoms in total. The van der Waals surface area contributed by atoms with E-state index in [4.69, 9.17) is 9.47 Å². The third-order valence-electron chi connectivity index (χ3n) is 3.67. The summed E-state index contributed by atoms with van der Waals surface area (Å²) in [6, 6.07) is -0.277. The summed E-state index contributed by atoms with van der Waals surface area (Å²) in [4.78, 5) is 37.5. The number of ether oxygens (including phenoxy) is 4. The zero-order chi connectivity index (χ0) is 17.4. The van der Waals surface area contributed by atoms with Crippen molar-refractivity contribution >= 4 is 17.8 Å². The first-order valence-corrected chi connectivity index (χ1v) is 7.18. The van der Waals surface area contributed by atoms with Crippen LogP contribution in [0.4, 0.5) is 0 Å². The van der Waals surface area contributed by atoms with E-state index in [0.29, 0.717) is 13.2 Å². The minimum Gasteiger partial charge on any atom is -0.465 e. The largest absolute Gasteiger partial charge is 0.465 e. The number of nitrogens with zero attached hydrogens (tertiary/aromatic N) is 1. The molecule has 0 aromatic rings. The molecule has 0 N–H and O–H groups in total. The maximum absolute atomic E-state index is 12.6. The molecule has 1 saturated heterocycles. The molecular weight excluding hydrogens is 306 g/mol. The van der Waals surface area contributed by atoms with Crippen molar-refractivity contribution in [1.82, 2.24) is 4.90 Å². The summed E-state index contributed by atoms with van der Waals surface area (Å²) >= 11 is 0. The molecule has 1 aliphatic rings. The molecule has 0 spiro atoms. The normalized spacial score (nSPS) is 20.1. The first kappa shape index (κ1) is 19.1. The maximum atomic E-state index is 12.6. The highest BCUT2D eigenvalue weighted by molar-refractivity contribution is 6.17. The molecule has 1 amide bonds. The highest BCUT2D eigenvalue weighted by Gasteiger charge is 2.37. The number of amides is 1. The van der Waals surface area contributed by atoms with Gasteiger partial charge in [0.15, 0.2) is 0 Å². The van der Waals surface area contributed by atoms with Crippen LogP contribution in [0.3, 0.4) is 0 Å². The van der Waals surface area contributed by atoms with Crippen molar-refractivity contribution in [3.8, 4) is 0 Å². The van der Waals surface area contributed by atoms with E-state index < -0.39 is 23.4 Å². The van der Waals surface area contributed by atoms with E-state index in [1.165, 1.54) is 0 Å². The average molecular weight is 329 g/mol. The van der Waals surface area contributed by atoms with Crippen LogP contribution in [0.15, 0.2) is 11.6 Å². The van der Waals surface area contributed by atoms with Crippen LogP contribution in [-0.2, 0) is 33.3 Å². The second-order valence-corrected chi connectivity index (χ2v) is 5.08. The highest BCUT2D eigenvalue weighted by Crippen LogP contribution is 2.25. The summed E-state index contributed by atoms with van der Waals surface area (Å²) < 4.78 is 19.3. The van der Waals surface area contributed by atoms with Gasteiger partial charge in [0.2, 0.25) is 5.91 Å². The fourth-order valence-electron chi connectivity index (χ4n) is 2.65. The first-order chi connectivity index (χ1) is 11.0. The van der Waals surface area contributed by atoms with Crippen LogP contribution in [0.5, 0.6) is 0 Å². The van der Waals surface area contributed by atoms with Crippen molar-refractivity contribution in [2.45, 2.75) is 24.9 Å². The predicted molar refractivity (Wildman–Crippen MR) is 79.5 cm³/mol. The number of esters is 2. The quantitative estimate of drug-likeness (QED) is 0.279. The Morgan fingerprint density at radius 1 is 0.913 bits per heavy atom. The van der Waals surface area contributed by atoms with Crippen LogP contribution in [-0.4, -0.2) is 76.5 Å². The zero-order valence-electron chi connectivity index (χ0n) is 13.9. The van der Waals surface area contributed by atoms with E-state index in [-0.39, 0.29) is 12.1 Å². The Balaban J connectivity index is 3.06. The van der Waals surface area contributed by atoms with Crippen molar-refractivity contribution < 1.29 is 33.3 Å². The number of likely N-dealkylation sites (tertiary alicyclic amines) is 1. The molecule has 1 aliphatic heterocycles. The summed E-state index contributed by atoms with van der Waals surface area (Å²) in [5.41, 5.74) is -0.445. The van der Waals surface area contributed by atoms with Crippen LogP contribution < -0.4 is 0 Å². The Morgan fingerprint density at radius 3 is 1.70 bits per heavy atom. The number of hydrogen-bond donors (Lipinski definition) is 0. The number of rotatable bonds is 7. The average Bonchev–Trinajstić information content (AvgIpc) is 2.94. The lowest BCUT2D eigenvalue weighted by atomic mass is 10.2. The fourth-order valence-corrected chi connectivity index (χ4v) is 2.65. The van der Waals surface area contributed by atoms with Crippen LogP contribution in [0.1, 0.15) is 12.8 Å². The van der Waals surface area contributed by atoms with E-state index >= 15 is 0 Å². The topological polar surface area (TPSA) is 91.4 Å². The molecule has 0 bridgehead atoms. The summed E-state index contributed by atoms with van der Waals surface area (Å²) in [7, 11) is 5.36. The van der Waals surface area contributed by atoms with Gasteiger partial charge >= 0.3 is 11.9 Å². The molecule has 2 atom stereocenters. The van der Waals surface area contributed by atoms with Gasteiger partial charge < -0.3 is 23.8 Å². The summed E-state index contributed by atoms with van der Waals surface area (Å²) in [5.74, 6) is -2.32. The molecule has 1 rings (SSSR count). The summed E-state index contributed by atoms with van der Waals surface area (Å²) in [5, 5.41) is 0. The first-order valence-electron chi connectivity index (χ1n) is 7.18. The molecule has 0 radical (unpaired) electrons. The number of methoxy groups -OCH3 is 4. The second-order valence-electron chi connectivity index (χ2n) is 5.08. The van der Waals surface area contributed by atoms with Gasteiger partial charge in [-0.05, 0) is 12.8 Å². The van der Waals surface area contributed by atoms with Crippen molar-refractivity contribution in [1.29, 1.82) is 0 Å². The second kappa shape index (κ2) is 9.26. The molecule has 8 heteroatoms. The van der Waals surface area contributed by atoms with Crippen LogP contribution in [0, 0.1) is 0 Å². The lowest BCUT2D eigenvalue weighted by molar-refractivity contribution is -0.145. The third kappa shape index (κ3) is 4.77. The van der Waals surface area contributed by atoms with E-state index in [0.717, 1.165) is 33.1 Å². The van der Waals surface area contributed by atoms with E-state index in [1.54, 1.807) is 19.1 Å². The Hall–Kier alpha value is -1.93. The van der Waals surface area contributed by atoms with Gasteiger partial charge in [0.1, 0.15) is 5.57 Å².